The third kappa shape index (κ3) is 3.38. The minimum Gasteiger partial charge on any atom is -0.360 e. The van der Waals surface area contributed by atoms with Crippen LogP contribution in [0.5, 0.6) is 0 Å². The summed E-state index contributed by atoms with van der Waals surface area (Å²) >= 11 is 1.63. The van der Waals surface area contributed by atoms with Gasteiger partial charge in [-0.05, 0) is 30.4 Å². The number of aromatic nitrogens is 2. The molecular weight excluding hydrogens is 320 g/mol. The van der Waals surface area contributed by atoms with Gasteiger partial charge in [0.2, 0.25) is 5.91 Å². The fraction of sp³-hybridized carbons (Fsp3) is 0.278. The Morgan fingerprint density at radius 3 is 2.83 bits per heavy atom. The lowest BCUT2D eigenvalue weighted by Crippen LogP contribution is -2.31. The Bertz CT molecular complexity index is 858. The number of rotatable bonds is 6. The molecule has 0 bridgehead atoms. The van der Waals surface area contributed by atoms with Crippen molar-refractivity contribution in [3.8, 4) is 10.4 Å². The van der Waals surface area contributed by atoms with Crippen LogP contribution in [-0.4, -0.2) is 29.0 Å². The zero-order chi connectivity index (χ0) is 16.4. The molecule has 1 aliphatic rings. The molecule has 0 atom stereocenters. The normalized spacial score (nSPS) is 13.8. The van der Waals surface area contributed by atoms with E-state index in [2.05, 4.69) is 38.8 Å². The minimum absolute atomic E-state index is 0.00664. The van der Waals surface area contributed by atoms with E-state index in [-0.39, 0.29) is 12.5 Å². The summed E-state index contributed by atoms with van der Waals surface area (Å²) in [5.41, 5.74) is 1.16. The number of anilines is 1. The maximum Gasteiger partial charge on any atom is 0.239 e. The molecule has 2 aromatic heterocycles. The van der Waals surface area contributed by atoms with Gasteiger partial charge in [-0.25, -0.2) is 9.97 Å². The molecule has 1 amide bonds. The van der Waals surface area contributed by atoms with E-state index in [1.165, 1.54) is 19.2 Å². The number of carbonyl (C=O) groups excluding carboxylic acids is 1. The fourth-order valence-electron chi connectivity index (χ4n) is 2.55. The Labute approximate surface area is 144 Å². The first kappa shape index (κ1) is 15.1. The lowest BCUT2D eigenvalue weighted by Gasteiger charge is -2.07. The van der Waals surface area contributed by atoms with Crippen molar-refractivity contribution in [1.29, 1.82) is 0 Å². The Balaban J connectivity index is 1.50. The first-order valence-corrected chi connectivity index (χ1v) is 8.92. The summed E-state index contributed by atoms with van der Waals surface area (Å²) in [5.74, 6) is 1.40. The van der Waals surface area contributed by atoms with E-state index in [4.69, 9.17) is 0 Å². The van der Waals surface area contributed by atoms with Crippen LogP contribution in [0.2, 0.25) is 0 Å². The topological polar surface area (TPSA) is 66.9 Å². The van der Waals surface area contributed by atoms with Crippen molar-refractivity contribution in [3.63, 3.8) is 0 Å². The molecule has 3 aromatic rings. The van der Waals surface area contributed by atoms with Crippen molar-refractivity contribution in [2.45, 2.75) is 12.8 Å². The Hall–Kier alpha value is -2.47. The van der Waals surface area contributed by atoms with E-state index in [9.17, 15) is 4.79 Å². The Morgan fingerprint density at radius 2 is 2.04 bits per heavy atom. The highest BCUT2D eigenvalue weighted by molar-refractivity contribution is 7.21. The lowest BCUT2D eigenvalue weighted by molar-refractivity contribution is -0.119. The predicted molar refractivity (Wildman–Crippen MR) is 97.1 cm³/mol. The number of carbonyl (C=O) groups is 1. The highest BCUT2D eigenvalue weighted by Crippen LogP contribution is 2.34. The van der Waals surface area contributed by atoms with E-state index in [0.29, 0.717) is 11.7 Å². The van der Waals surface area contributed by atoms with E-state index in [1.807, 2.05) is 18.2 Å². The highest BCUT2D eigenvalue weighted by Gasteiger charge is 2.21. The van der Waals surface area contributed by atoms with Crippen LogP contribution in [0, 0.1) is 5.92 Å². The van der Waals surface area contributed by atoms with Gasteiger partial charge in [-0.15, -0.1) is 11.3 Å². The van der Waals surface area contributed by atoms with Crippen LogP contribution < -0.4 is 10.6 Å². The smallest absolute Gasteiger partial charge is 0.239 e. The molecule has 0 radical (unpaired) electrons. The van der Waals surface area contributed by atoms with E-state index < -0.39 is 0 Å². The standard InChI is InChI=1S/C18H18N4OS/c23-16(19-9-12-6-7-12)10-20-17-14-8-15(13-4-2-1-3-5-13)24-18(14)22-11-21-17/h1-5,8,11-12H,6-7,9-10H2,(H,19,23)(H,20,21,22). The van der Waals surface area contributed by atoms with Crippen molar-refractivity contribution >= 4 is 33.3 Å². The van der Waals surface area contributed by atoms with Gasteiger partial charge in [0.1, 0.15) is 17.0 Å². The average molecular weight is 338 g/mol. The predicted octanol–water partition coefficient (Wildman–Crippen LogP) is 3.30. The average Bonchev–Trinajstić information content (AvgIpc) is 3.35. The molecule has 1 aromatic carbocycles. The number of amides is 1. The van der Waals surface area contributed by atoms with Crippen molar-refractivity contribution in [2.75, 3.05) is 18.4 Å². The van der Waals surface area contributed by atoms with Crippen LogP contribution in [0.1, 0.15) is 12.8 Å². The monoisotopic (exact) mass is 338 g/mol. The van der Waals surface area contributed by atoms with Crippen molar-refractivity contribution in [1.82, 2.24) is 15.3 Å². The third-order valence-corrected chi connectivity index (χ3v) is 5.18. The van der Waals surface area contributed by atoms with Gasteiger partial charge in [0.05, 0.1) is 11.9 Å². The van der Waals surface area contributed by atoms with Crippen molar-refractivity contribution in [2.24, 2.45) is 5.92 Å². The molecule has 0 spiro atoms. The number of nitrogens with zero attached hydrogens (tertiary/aromatic N) is 2. The second-order valence-electron chi connectivity index (χ2n) is 6.02. The zero-order valence-corrected chi connectivity index (χ0v) is 14.0. The zero-order valence-electron chi connectivity index (χ0n) is 13.2. The van der Waals surface area contributed by atoms with Gasteiger partial charge in [0.25, 0.3) is 0 Å². The van der Waals surface area contributed by atoms with Gasteiger partial charge in [-0.3, -0.25) is 4.79 Å². The molecule has 1 saturated carbocycles. The van der Waals surface area contributed by atoms with Crippen LogP contribution in [-0.2, 0) is 4.79 Å². The molecule has 1 fully saturated rings. The van der Waals surface area contributed by atoms with Crippen LogP contribution in [0.15, 0.2) is 42.7 Å². The fourth-order valence-corrected chi connectivity index (χ4v) is 3.55. The Kier molecular flexibility index (Phi) is 4.13. The molecule has 6 heteroatoms. The second kappa shape index (κ2) is 6.57. The summed E-state index contributed by atoms with van der Waals surface area (Å²) in [6.45, 7) is 1.02. The molecule has 122 valence electrons. The molecule has 5 nitrogen and oxygen atoms in total. The first-order chi connectivity index (χ1) is 11.8. The SMILES string of the molecule is O=C(CNc1ncnc2sc(-c3ccccc3)cc12)NCC1CC1. The maximum atomic E-state index is 11.9. The number of thiophene rings is 1. The first-order valence-electron chi connectivity index (χ1n) is 8.10. The minimum atomic E-state index is 0.00664. The van der Waals surface area contributed by atoms with Gasteiger partial charge in [0.15, 0.2) is 0 Å². The second-order valence-corrected chi connectivity index (χ2v) is 7.05. The van der Waals surface area contributed by atoms with Crippen molar-refractivity contribution < 1.29 is 4.79 Å². The molecule has 0 saturated heterocycles. The molecule has 2 N–H and O–H groups in total. The van der Waals surface area contributed by atoms with E-state index in [1.54, 1.807) is 11.3 Å². The molecule has 0 unspecified atom stereocenters. The summed E-state index contributed by atoms with van der Waals surface area (Å²) in [4.78, 5) is 22.6. The molecule has 4 rings (SSSR count). The van der Waals surface area contributed by atoms with Gasteiger partial charge >= 0.3 is 0 Å². The van der Waals surface area contributed by atoms with Gasteiger partial charge in [-0.2, -0.15) is 0 Å². The quantitative estimate of drug-likeness (QED) is 0.724. The maximum absolute atomic E-state index is 11.9. The number of nitrogens with one attached hydrogen (secondary N) is 2. The van der Waals surface area contributed by atoms with Crippen LogP contribution in [0.3, 0.4) is 0 Å². The summed E-state index contributed by atoms with van der Waals surface area (Å²) in [5, 5.41) is 7.05. The van der Waals surface area contributed by atoms with Crippen LogP contribution in [0.4, 0.5) is 5.82 Å². The van der Waals surface area contributed by atoms with Crippen molar-refractivity contribution in [3.05, 3.63) is 42.7 Å². The number of hydrogen-bond donors (Lipinski definition) is 2. The summed E-state index contributed by atoms with van der Waals surface area (Å²) in [7, 11) is 0. The molecule has 2 heterocycles. The van der Waals surface area contributed by atoms with Crippen LogP contribution >= 0.6 is 11.3 Å². The molecular formula is C18H18N4OS. The van der Waals surface area contributed by atoms with Crippen LogP contribution in [0.25, 0.3) is 20.7 Å². The third-order valence-electron chi connectivity index (χ3n) is 4.09. The molecule has 0 aliphatic heterocycles. The van der Waals surface area contributed by atoms with Gasteiger partial charge < -0.3 is 10.6 Å². The summed E-state index contributed by atoms with van der Waals surface area (Å²) < 4.78 is 0. The highest BCUT2D eigenvalue weighted by atomic mass is 32.1. The summed E-state index contributed by atoms with van der Waals surface area (Å²) in [6.07, 6.45) is 4.01. The number of fused-ring (bicyclic) bond motifs is 1. The summed E-state index contributed by atoms with van der Waals surface area (Å²) in [6, 6.07) is 12.3. The van der Waals surface area contributed by atoms with Gasteiger partial charge in [-0.1, -0.05) is 30.3 Å². The number of benzene rings is 1. The lowest BCUT2D eigenvalue weighted by atomic mass is 10.2. The van der Waals surface area contributed by atoms with E-state index in [0.717, 1.165) is 27.2 Å². The largest absolute Gasteiger partial charge is 0.360 e. The number of hydrogen-bond acceptors (Lipinski definition) is 5. The molecule has 1 aliphatic carbocycles. The Morgan fingerprint density at radius 1 is 1.21 bits per heavy atom. The van der Waals surface area contributed by atoms with E-state index >= 15 is 0 Å². The molecule has 24 heavy (non-hydrogen) atoms. The van der Waals surface area contributed by atoms with Gasteiger partial charge in [0, 0.05) is 11.4 Å².